The number of nitrogens with two attached hydrogens (primary N) is 2. The van der Waals surface area contributed by atoms with Gasteiger partial charge in [0.05, 0.1) is 12.8 Å². The van der Waals surface area contributed by atoms with Gasteiger partial charge in [-0.2, -0.15) is 0 Å². The smallest absolute Gasteiger partial charge is 0.243 e. The number of primary amides is 1. The van der Waals surface area contributed by atoms with E-state index in [0.29, 0.717) is 19.5 Å². The standard InChI is InChI=1S/C22H38N6O5/c23-7-3-10-25-8-1-2-9-26-11-4-12-27-22(33)18(15-20(24)31)28-21(32)13-16-5-6-17(29)14-19(16)30/h5-6,14,18,25-26,29-30H,1-4,7-13,15,23H2,(H2,24,31)(H,27,33)(H,28,32). The quantitative estimate of drug-likeness (QED) is 0.124. The highest BCUT2D eigenvalue weighted by atomic mass is 16.3. The molecule has 1 unspecified atom stereocenters. The molecule has 11 nitrogen and oxygen atoms in total. The number of carbonyl (C=O) groups is 3. The fourth-order valence-electron chi connectivity index (χ4n) is 3.06. The van der Waals surface area contributed by atoms with Crippen LogP contribution in [0.2, 0.25) is 0 Å². The van der Waals surface area contributed by atoms with Crippen molar-refractivity contribution in [1.82, 2.24) is 21.3 Å². The molecule has 0 aliphatic rings. The molecule has 11 heteroatoms. The largest absolute Gasteiger partial charge is 0.508 e. The molecule has 0 aliphatic carbocycles. The summed E-state index contributed by atoms with van der Waals surface area (Å²) < 4.78 is 0. The molecular formula is C22H38N6O5. The molecule has 0 radical (unpaired) electrons. The minimum absolute atomic E-state index is 0.132. The number of carbonyl (C=O) groups excluding carboxylic acids is 3. The predicted molar refractivity (Wildman–Crippen MR) is 125 cm³/mol. The maximum atomic E-state index is 12.4. The number of phenols is 2. The normalized spacial score (nSPS) is 11.7. The second-order valence-electron chi connectivity index (χ2n) is 7.77. The lowest BCUT2D eigenvalue weighted by atomic mass is 10.1. The van der Waals surface area contributed by atoms with E-state index in [9.17, 15) is 24.6 Å². The first kappa shape index (κ1) is 28.1. The summed E-state index contributed by atoms with van der Waals surface area (Å²) >= 11 is 0. The van der Waals surface area contributed by atoms with E-state index in [4.69, 9.17) is 11.5 Å². The lowest BCUT2D eigenvalue weighted by Crippen LogP contribution is -2.49. The number of nitrogens with one attached hydrogen (secondary N) is 4. The third-order valence-electron chi connectivity index (χ3n) is 4.82. The molecule has 0 spiro atoms. The molecule has 3 amide bonds. The molecule has 0 heterocycles. The van der Waals surface area contributed by atoms with Crippen LogP contribution in [0.25, 0.3) is 0 Å². The van der Waals surface area contributed by atoms with E-state index in [2.05, 4.69) is 21.3 Å². The number of unbranched alkanes of at least 4 members (excludes halogenated alkanes) is 1. The van der Waals surface area contributed by atoms with E-state index >= 15 is 0 Å². The number of hydrogen-bond acceptors (Lipinski definition) is 8. The van der Waals surface area contributed by atoms with Crippen molar-refractivity contribution in [2.45, 2.75) is 44.6 Å². The van der Waals surface area contributed by atoms with Gasteiger partial charge in [0.25, 0.3) is 0 Å². The van der Waals surface area contributed by atoms with E-state index in [1.54, 1.807) is 0 Å². The predicted octanol–water partition coefficient (Wildman–Crippen LogP) is -1.18. The van der Waals surface area contributed by atoms with Gasteiger partial charge in [0.1, 0.15) is 17.5 Å². The molecule has 1 rings (SSSR count). The Morgan fingerprint density at radius 3 is 2.15 bits per heavy atom. The summed E-state index contributed by atoms with van der Waals surface area (Å²) in [6, 6.07) is 2.75. The zero-order chi connectivity index (χ0) is 24.5. The van der Waals surface area contributed by atoms with Crippen molar-refractivity contribution >= 4 is 17.7 Å². The van der Waals surface area contributed by atoms with E-state index in [-0.39, 0.29) is 29.9 Å². The molecule has 10 N–H and O–H groups in total. The number of rotatable bonds is 18. The van der Waals surface area contributed by atoms with Crippen molar-refractivity contribution < 1.29 is 24.6 Å². The van der Waals surface area contributed by atoms with Crippen LogP contribution < -0.4 is 32.7 Å². The molecular weight excluding hydrogens is 428 g/mol. The summed E-state index contributed by atoms with van der Waals surface area (Å²) in [5.41, 5.74) is 10.9. The molecule has 1 aromatic rings. The van der Waals surface area contributed by atoms with Crippen molar-refractivity contribution in [3.8, 4) is 11.5 Å². The van der Waals surface area contributed by atoms with Gasteiger partial charge in [0.2, 0.25) is 17.7 Å². The highest BCUT2D eigenvalue weighted by molar-refractivity contribution is 5.92. The highest BCUT2D eigenvalue weighted by Gasteiger charge is 2.23. The SMILES string of the molecule is NCCCNCCCCNCCCNC(=O)C(CC(N)=O)NC(=O)Cc1ccc(O)cc1O. The van der Waals surface area contributed by atoms with Crippen LogP contribution in [0, 0.1) is 0 Å². The van der Waals surface area contributed by atoms with E-state index < -0.39 is 23.8 Å². The number of hydrogen-bond donors (Lipinski definition) is 8. The van der Waals surface area contributed by atoms with Gasteiger partial charge in [-0.15, -0.1) is 0 Å². The zero-order valence-corrected chi connectivity index (χ0v) is 19.1. The molecule has 1 atom stereocenters. The third kappa shape index (κ3) is 13.3. The summed E-state index contributed by atoms with van der Waals surface area (Å²) in [7, 11) is 0. The fourth-order valence-corrected chi connectivity index (χ4v) is 3.06. The second-order valence-corrected chi connectivity index (χ2v) is 7.77. The van der Waals surface area contributed by atoms with Crippen LogP contribution in [-0.4, -0.2) is 73.2 Å². The first-order chi connectivity index (χ1) is 15.8. The van der Waals surface area contributed by atoms with Crippen molar-refractivity contribution in [3.63, 3.8) is 0 Å². The average molecular weight is 467 g/mol. The maximum absolute atomic E-state index is 12.4. The van der Waals surface area contributed by atoms with E-state index in [1.165, 1.54) is 12.1 Å². The topological polar surface area (TPSA) is 192 Å². The lowest BCUT2D eigenvalue weighted by Gasteiger charge is -2.17. The van der Waals surface area contributed by atoms with Gasteiger partial charge in [-0.1, -0.05) is 6.07 Å². The van der Waals surface area contributed by atoms with Crippen LogP contribution in [0.4, 0.5) is 0 Å². The van der Waals surface area contributed by atoms with E-state index in [0.717, 1.165) is 51.5 Å². The van der Waals surface area contributed by atoms with Gasteiger partial charge in [-0.3, -0.25) is 14.4 Å². The molecule has 0 bridgehead atoms. The highest BCUT2D eigenvalue weighted by Crippen LogP contribution is 2.22. The van der Waals surface area contributed by atoms with Crippen LogP contribution in [0.5, 0.6) is 11.5 Å². The van der Waals surface area contributed by atoms with Crippen LogP contribution in [0.3, 0.4) is 0 Å². The van der Waals surface area contributed by atoms with Gasteiger partial charge >= 0.3 is 0 Å². The number of phenolic OH excluding ortho intramolecular Hbond substituents is 2. The Balaban J connectivity index is 2.28. The van der Waals surface area contributed by atoms with Crippen LogP contribution in [0.15, 0.2) is 18.2 Å². The Morgan fingerprint density at radius 1 is 0.909 bits per heavy atom. The first-order valence-electron chi connectivity index (χ1n) is 11.3. The van der Waals surface area contributed by atoms with Crippen LogP contribution in [-0.2, 0) is 20.8 Å². The van der Waals surface area contributed by atoms with Crippen molar-refractivity contribution in [2.24, 2.45) is 11.5 Å². The monoisotopic (exact) mass is 466 g/mol. The summed E-state index contributed by atoms with van der Waals surface area (Å²) in [5, 5.41) is 30.9. The maximum Gasteiger partial charge on any atom is 0.243 e. The summed E-state index contributed by atoms with van der Waals surface area (Å²) in [5.74, 6) is -2.15. The second kappa shape index (κ2) is 16.7. The summed E-state index contributed by atoms with van der Waals surface area (Å²) in [6.45, 7) is 4.61. The molecule has 0 fully saturated rings. The first-order valence-corrected chi connectivity index (χ1v) is 11.3. The lowest BCUT2D eigenvalue weighted by molar-refractivity contribution is -0.131. The van der Waals surface area contributed by atoms with Crippen LogP contribution >= 0.6 is 0 Å². The minimum Gasteiger partial charge on any atom is -0.508 e. The average Bonchev–Trinajstić information content (AvgIpc) is 2.75. The summed E-state index contributed by atoms with van der Waals surface area (Å²) in [6.07, 6.45) is 3.24. The van der Waals surface area contributed by atoms with Gasteiger partial charge in [-0.25, -0.2) is 0 Å². The minimum atomic E-state index is -1.10. The molecule has 33 heavy (non-hydrogen) atoms. The summed E-state index contributed by atoms with van der Waals surface area (Å²) in [4.78, 5) is 36.0. The number of amides is 3. The van der Waals surface area contributed by atoms with E-state index in [1.807, 2.05) is 0 Å². The molecule has 0 aliphatic heterocycles. The van der Waals surface area contributed by atoms with Gasteiger partial charge in [0, 0.05) is 18.2 Å². The molecule has 0 saturated heterocycles. The fraction of sp³-hybridized carbons (Fsp3) is 0.591. The Labute approximate surface area is 194 Å². The van der Waals surface area contributed by atoms with Gasteiger partial charge in [0.15, 0.2) is 0 Å². The Morgan fingerprint density at radius 2 is 1.55 bits per heavy atom. The zero-order valence-electron chi connectivity index (χ0n) is 19.1. The van der Waals surface area contributed by atoms with Gasteiger partial charge < -0.3 is 42.9 Å². The molecule has 1 aromatic carbocycles. The van der Waals surface area contributed by atoms with Crippen LogP contribution in [0.1, 0.15) is 37.7 Å². The van der Waals surface area contributed by atoms with Gasteiger partial charge in [-0.05, 0) is 64.5 Å². The molecule has 186 valence electrons. The molecule has 0 aromatic heterocycles. The number of benzene rings is 1. The molecule has 0 saturated carbocycles. The third-order valence-corrected chi connectivity index (χ3v) is 4.82. The number of aromatic hydroxyl groups is 2. The Hall–Kier alpha value is -2.89. The van der Waals surface area contributed by atoms with Crippen molar-refractivity contribution in [1.29, 1.82) is 0 Å². The van der Waals surface area contributed by atoms with Crippen molar-refractivity contribution in [3.05, 3.63) is 23.8 Å². The Kier molecular flexibility index (Phi) is 14.2. The van der Waals surface area contributed by atoms with Crippen molar-refractivity contribution in [2.75, 3.05) is 39.3 Å². The Bertz CT molecular complexity index is 746.